The van der Waals surface area contributed by atoms with Crippen LogP contribution in [0.2, 0.25) is 0 Å². The largest absolute Gasteiger partial charge is 0.326 e. The van der Waals surface area contributed by atoms with Crippen LogP contribution >= 0.6 is 0 Å². The van der Waals surface area contributed by atoms with Crippen molar-refractivity contribution in [2.24, 2.45) is 5.73 Å². The quantitative estimate of drug-likeness (QED) is 0.737. The van der Waals surface area contributed by atoms with E-state index >= 15 is 0 Å². The second-order valence-corrected chi connectivity index (χ2v) is 5.55. The lowest BCUT2D eigenvalue weighted by Gasteiger charge is -2.41. The minimum atomic E-state index is 0.367. The van der Waals surface area contributed by atoms with Crippen molar-refractivity contribution >= 4 is 0 Å². The molecule has 2 unspecified atom stereocenters. The molecule has 1 rings (SSSR count). The zero-order chi connectivity index (χ0) is 12.7. The molecule has 0 heterocycles. The fraction of sp³-hybridized carbons (Fsp3) is 1.00. The van der Waals surface area contributed by atoms with Gasteiger partial charge < -0.3 is 5.73 Å². The topological polar surface area (TPSA) is 29.3 Å². The molecule has 0 radical (unpaired) electrons. The van der Waals surface area contributed by atoms with Crippen LogP contribution in [-0.4, -0.2) is 29.6 Å². The Morgan fingerprint density at radius 1 is 1.12 bits per heavy atom. The SMILES string of the molecule is CCCC(N)C(CC)N(CC)C1CCCCC1. The lowest BCUT2D eigenvalue weighted by molar-refractivity contribution is 0.0896. The second-order valence-electron chi connectivity index (χ2n) is 5.55. The number of rotatable bonds is 7. The summed E-state index contributed by atoms with van der Waals surface area (Å²) in [6.07, 6.45) is 10.6. The molecule has 0 aromatic rings. The molecule has 2 atom stereocenters. The highest BCUT2D eigenvalue weighted by Crippen LogP contribution is 2.26. The van der Waals surface area contributed by atoms with E-state index in [0.29, 0.717) is 12.1 Å². The molecule has 0 aromatic carbocycles. The van der Waals surface area contributed by atoms with Crippen molar-refractivity contribution in [3.63, 3.8) is 0 Å². The third kappa shape index (κ3) is 4.26. The van der Waals surface area contributed by atoms with Gasteiger partial charge in [0.15, 0.2) is 0 Å². The van der Waals surface area contributed by atoms with E-state index in [1.165, 1.54) is 57.9 Å². The van der Waals surface area contributed by atoms with E-state index in [-0.39, 0.29) is 0 Å². The Bertz CT molecular complexity index is 187. The summed E-state index contributed by atoms with van der Waals surface area (Å²) < 4.78 is 0. The smallest absolute Gasteiger partial charge is 0.0247 e. The average Bonchev–Trinajstić information content (AvgIpc) is 2.37. The zero-order valence-corrected chi connectivity index (χ0v) is 12.1. The van der Waals surface area contributed by atoms with E-state index in [4.69, 9.17) is 5.73 Å². The maximum absolute atomic E-state index is 6.38. The van der Waals surface area contributed by atoms with Crippen molar-refractivity contribution in [1.82, 2.24) is 4.90 Å². The summed E-state index contributed by atoms with van der Waals surface area (Å²) in [5.74, 6) is 0. The minimum Gasteiger partial charge on any atom is -0.326 e. The van der Waals surface area contributed by atoms with Crippen LogP contribution in [0.1, 0.15) is 72.1 Å². The molecular formula is C15H32N2. The summed E-state index contributed by atoms with van der Waals surface area (Å²) in [5, 5.41) is 0. The van der Waals surface area contributed by atoms with Crippen molar-refractivity contribution in [3.8, 4) is 0 Å². The first kappa shape index (κ1) is 15.0. The van der Waals surface area contributed by atoms with Crippen LogP contribution in [0.4, 0.5) is 0 Å². The van der Waals surface area contributed by atoms with E-state index < -0.39 is 0 Å². The fourth-order valence-corrected chi connectivity index (χ4v) is 3.49. The summed E-state index contributed by atoms with van der Waals surface area (Å²) in [6, 6.07) is 1.77. The van der Waals surface area contributed by atoms with Gasteiger partial charge in [-0.1, -0.05) is 46.5 Å². The Labute approximate surface area is 108 Å². The molecule has 1 saturated carbocycles. The Morgan fingerprint density at radius 3 is 2.24 bits per heavy atom. The molecule has 1 aliphatic carbocycles. The molecule has 2 N–H and O–H groups in total. The normalized spacial score (nSPS) is 21.7. The summed E-state index contributed by atoms with van der Waals surface area (Å²) in [6.45, 7) is 8.01. The van der Waals surface area contributed by atoms with Gasteiger partial charge in [0.2, 0.25) is 0 Å². The van der Waals surface area contributed by atoms with E-state index in [2.05, 4.69) is 25.7 Å². The molecule has 0 aliphatic heterocycles. The molecule has 1 aliphatic rings. The number of nitrogens with two attached hydrogens (primary N) is 1. The van der Waals surface area contributed by atoms with Gasteiger partial charge in [-0.2, -0.15) is 0 Å². The first-order valence-electron chi connectivity index (χ1n) is 7.75. The highest BCUT2D eigenvalue weighted by molar-refractivity contribution is 4.86. The van der Waals surface area contributed by atoms with Crippen molar-refractivity contribution in [3.05, 3.63) is 0 Å². The summed E-state index contributed by atoms with van der Waals surface area (Å²) in [5.41, 5.74) is 6.38. The van der Waals surface area contributed by atoms with Gasteiger partial charge in [-0.3, -0.25) is 4.90 Å². The molecule has 102 valence electrons. The number of hydrogen-bond acceptors (Lipinski definition) is 2. The average molecular weight is 240 g/mol. The maximum atomic E-state index is 6.38. The first-order valence-corrected chi connectivity index (χ1v) is 7.75. The molecule has 0 bridgehead atoms. The minimum absolute atomic E-state index is 0.367. The van der Waals surface area contributed by atoms with Gasteiger partial charge in [0.25, 0.3) is 0 Å². The van der Waals surface area contributed by atoms with E-state index in [1.54, 1.807) is 0 Å². The van der Waals surface area contributed by atoms with Gasteiger partial charge in [0.1, 0.15) is 0 Å². The van der Waals surface area contributed by atoms with Gasteiger partial charge in [0.05, 0.1) is 0 Å². The molecule has 0 spiro atoms. The van der Waals surface area contributed by atoms with Crippen molar-refractivity contribution in [1.29, 1.82) is 0 Å². The molecule has 0 aromatic heterocycles. The lowest BCUT2D eigenvalue weighted by Crippen LogP contribution is -2.52. The number of hydrogen-bond donors (Lipinski definition) is 1. The number of likely N-dealkylation sites (N-methyl/N-ethyl adjacent to an activating group) is 1. The standard InChI is InChI=1S/C15H32N2/c1-4-10-14(16)15(5-2)17(6-3)13-11-8-7-9-12-13/h13-15H,4-12,16H2,1-3H3. The zero-order valence-electron chi connectivity index (χ0n) is 12.1. The van der Waals surface area contributed by atoms with Crippen LogP contribution in [0.3, 0.4) is 0 Å². The van der Waals surface area contributed by atoms with Crippen molar-refractivity contribution < 1.29 is 0 Å². The molecule has 2 nitrogen and oxygen atoms in total. The highest BCUT2D eigenvalue weighted by atomic mass is 15.2. The second kappa shape index (κ2) is 8.10. The Balaban J connectivity index is 2.60. The third-order valence-electron chi connectivity index (χ3n) is 4.37. The van der Waals surface area contributed by atoms with Gasteiger partial charge in [-0.05, 0) is 32.2 Å². The predicted octanol–water partition coefficient (Wildman–Crippen LogP) is 3.55. The predicted molar refractivity (Wildman–Crippen MR) is 76.2 cm³/mol. The van der Waals surface area contributed by atoms with Gasteiger partial charge in [-0.25, -0.2) is 0 Å². The number of nitrogens with zero attached hydrogens (tertiary/aromatic N) is 1. The van der Waals surface area contributed by atoms with E-state index in [1.807, 2.05) is 0 Å². The molecule has 17 heavy (non-hydrogen) atoms. The summed E-state index contributed by atoms with van der Waals surface area (Å²) in [4.78, 5) is 2.71. The van der Waals surface area contributed by atoms with E-state index in [0.717, 1.165) is 6.04 Å². The monoisotopic (exact) mass is 240 g/mol. The molecule has 0 amide bonds. The fourth-order valence-electron chi connectivity index (χ4n) is 3.49. The molecule has 1 fully saturated rings. The van der Waals surface area contributed by atoms with E-state index in [9.17, 15) is 0 Å². The van der Waals surface area contributed by atoms with Crippen molar-refractivity contribution in [2.75, 3.05) is 6.54 Å². The van der Waals surface area contributed by atoms with Crippen LogP contribution in [0.5, 0.6) is 0 Å². The summed E-state index contributed by atoms with van der Waals surface area (Å²) in [7, 11) is 0. The van der Waals surface area contributed by atoms with Crippen LogP contribution in [0.25, 0.3) is 0 Å². The third-order valence-corrected chi connectivity index (χ3v) is 4.37. The van der Waals surface area contributed by atoms with Gasteiger partial charge in [-0.15, -0.1) is 0 Å². The molecular weight excluding hydrogens is 208 g/mol. The van der Waals surface area contributed by atoms with Gasteiger partial charge >= 0.3 is 0 Å². The first-order chi connectivity index (χ1) is 8.24. The van der Waals surface area contributed by atoms with Gasteiger partial charge in [0, 0.05) is 18.1 Å². The van der Waals surface area contributed by atoms with Crippen LogP contribution in [0.15, 0.2) is 0 Å². The van der Waals surface area contributed by atoms with Crippen LogP contribution < -0.4 is 5.73 Å². The molecule has 2 heteroatoms. The van der Waals surface area contributed by atoms with Crippen molar-refractivity contribution in [2.45, 2.75) is 90.3 Å². The highest BCUT2D eigenvalue weighted by Gasteiger charge is 2.28. The lowest BCUT2D eigenvalue weighted by atomic mass is 9.90. The van der Waals surface area contributed by atoms with Crippen LogP contribution in [-0.2, 0) is 0 Å². The Kier molecular flexibility index (Phi) is 7.14. The Morgan fingerprint density at radius 2 is 1.76 bits per heavy atom. The maximum Gasteiger partial charge on any atom is 0.0247 e. The summed E-state index contributed by atoms with van der Waals surface area (Å²) >= 11 is 0. The Hall–Kier alpha value is -0.0800. The van der Waals surface area contributed by atoms with Crippen LogP contribution in [0, 0.1) is 0 Å². The molecule has 0 saturated heterocycles.